The molecule has 2 unspecified atom stereocenters. The Morgan fingerprint density at radius 3 is 2.76 bits per heavy atom. The second-order valence-electron chi connectivity index (χ2n) is 6.33. The van der Waals surface area contributed by atoms with E-state index in [1.54, 1.807) is 7.11 Å². The van der Waals surface area contributed by atoms with E-state index < -0.39 is 5.60 Å². The maximum atomic E-state index is 11.6. The minimum absolute atomic E-state index is 0.158. The number of nitrogens with one attached hydrogen (secondary N) is 2. The zero-order valence-corrected chi connectivity index (χ0v) is 13.1. The standard InChI is InChI=1S/C16H24N2O3/c1-16(2,3)21-15(19)18-14-9-13(14)17-10-11-6-5-7-12(8-11)20-4/h5-8,13-14,17H,9-10H2,1-4H3,(H,18,19). The topological polar surface area (TPSA) is 59.6 Å². The number of amides is 1. The van der Waals surface area contributed by atoms with E-state index in [0.29, 0.717) is 6.04 Å². The minimum Gasteiger partial charge on any atom is -0.497 e. The molecule has 2 atom stereocenters. The first kappa shape index (κ1) is 15.6. The monoisotopic (exact) mass is 292 g/mol. The van der Waals surface area contributed by atoms with E-state index in [4.69, 9.17) is 9.47 Å². The summed E-state index contributed by atoms with van der Waals surface area (Å²) in [6.45, 7) is 6.34. The summed E-state index contributed by atoms with van der Waals surface area (Å²) in [7, 11) is 1.66. The fraction of sp³-hybridized carbons (Fsp3) is 0.562. The Morgan fingerprint density at radius 1 is 1.33 bits per heavy atom. The lowest BCUT2D eigenvalue weighted by molar-refractivity contribution is 0.0522. The van der Waals surface area contributed by atoms with Gasteiger partial charge in [-0.1, -0.05) is 12.1 Å². The van der Waals surface area contributed by atoms with Gasteiger partial charge in [0.25, 0.3) is 0 Å². The van der Waals surface area contributed by atoms with Gasteiger partial charge in [-0.2, -0.15) is 0 Å². The van der Waals surface area contributed by atoms with Gasteiger partial charge in [-0.05, 0) is 44.9 Å². The number of methoxy groups -OCH3 is 1. The second kappa shape index (κ2) is 6.35. The Labute approximate surface area is 126 Å². The van der Waals surface area contributed by atoms with Gasteiger partial charge in [-0.3, -0.25) is 0 Å². The van der Waals surface area contributed by atoms with Crippen molar-refractivity contribution >= 4 is 6.09 Å². The van der Waals surface area contributed by atoms with Gasteiger partial charge >= 0.3 is 6.09 Å². The normalized spacial score (nSPS) is 20.8. The van der Waals surface area contributed by atoms with Crippen LogP contribution in [0, 0.1) is 0 Å². The molecule has 5 nitrogen and oxygen atoms in total. The van der Waals surface area contributed by atoms with Gasteiger partial charge in [0, 0.05) is 18.6 Å². The molecule has 2 rings (SSSR count). The smallest absolute Gasteiger partial charge is 0.407 e. The maximum absolute atomic E-state index is 11.6. The van der Waals surface area contributed by atoms with Gasteiger partial charge in [-0.15, -0.1) is 0 Å². The van der Waals surface area contributed by atoms with E-state index in [2.05, 4.69) is 10.6 Å². The molecule has 1 amide bonds. The summed E-state index contributed by atoms with van der Waals surface area (Å²) < 4.78 is 10.4. The van der Waals surface area contributed by atoms with Crippen molar-refractivity contribution in [3.8, 4) is 5.75 Å². The van der Waals surface area contributed by atoms with Crippen LogP contribution in [0.1, 0.15) is 32.8 Å². The van der Waals surface area contributed by atoms with Crippen LogP contribution >= 0.6 is 0 Å². The van der Waals surface area contributed by atoms with Gasteiger partial charge in [0.05, 0.1) is 7.11 Å². The first-order valence-corrected chi connectivity index (χ1v) is 7.23. The fourth-order valence-electron chi connectivity index (χ4n) is 2.07. The quantitative estimate of drug-likeness (QED) is 0.875. The first-order chi connectivity index (χ1) is 9.87. The van der Waals surface area contributed by atoms with Crippen LogP contribution in [-0.4, -0.2) is 30.9 Å². The molecule has 0 spiro atoms. The molecule has 21 heavy (non-hydrogen) atoms. The van der Waals surface area contributed by atoms with Crippen molar-refractivity contribution in [2.24, 2.45) is 0 Å². The largest absolute Gasteiger partial charge is 0.497 e. The highest BCUT2D eigenvalue weighted by atomic mass is 16.6. The average molecular weight is 292 g/mol. The van der Waals surface area contributed by atoms with E-state index in [0.717, 1.165) is 24.3 Å². The molecular formula is C16H24N2O3. The summed E-state index contributed by atoms with van der Waals surface area (Å²) in [6.07, 6.45) is 0.585. The molecule has 0 radical (unpaired) electrons. The summed E-state index contributed by atoms with van der Waals surface area (Å²) >= 11 is 0. The molecular weight excluding hydrogens is 268 g/mol. The van der Waals surface area contributed by atoms with Crippen LogP contribution in [0.15, 0.2) is 24.3 Å². The van der Waals surface area contributed by atoms with Crippen LogP contribution in [0.2, 0.25) is 0 Å². The molecule has 1 fully saturated rings. The fourth-order valence-corrected chi connectivity index (χ4v) is 2.07. The van der Waals surface area contributed by atoms with Crippen LogP contribution < -0.4 is 15.4 Å². The van der Waals surface area contributed by atoms with Crippen LogP contribution in [0.5, 0.6) is 5.75 Å². The van der Waals surface area contributed by atoms with Crippen molar-refractivity contribution in [1.29, 1.82) is 0 Å². The number of alkyl carbamates (subject to hydrolysis) is 1. The predicted molar refractivity (Wildman–Crippen MR) is 81.4 cm³/mol. The van der Waals surface area contributed by atoms with Gasteiger partial charge in [0.15, 0.2) is 0 Å². The molecule has 5 heteroatoms. The van der Waals surface area contributed by atoms with Crippen LogP contribution in [0.4, 0.5) is 4.79 Å². The zero-order chi connectivity index (χ0) is 15.5. The van der Waals surface area contributed by atoms with Crippen molar-refractivity contribution in [2.75, 3.05) is 7.11 Å². The minimum atomic E-state index is -0.456. The van der Waals surface area contributed by atoms with Gasteiger partial charge in [0.1, 0.15) is 11.4 Å². The lowest BCUT2D eigenvalue weighted by Gasteiger charge is -2.19. The lowest BCUT2D eigenvalue weighted by Crippen LogP contribution is -2.36. The van der Waals surface area contributed by atoms with Crippen molar-refractivity contribution in [1.82, 2.24) is 10.6 Å². The summed E-state index contributed by atoms with van der Waals surface area (Å²) in [6, 6.07) is 8.42. The number of rotatable bonds is 5. The Hall–Kier alpha value is -1.75. The van der Waals surface area contributed by atoms with Crippen LogP contribution in [0.3, 0.4) is 0 Å². The highest BCUT2D eigenvalue weighted by Gasteiger charge is 2.38. The van der Waals surface area contributed by atoms with Crippen molar-refractivity contribution in [3.63, 3.8) is 0 Å². The van der Waals surface area contributed by atoms with Gasteiger partial charge < -0.3 is 20.1 Å². The van der Waals surface area contributed by atoms with Crippen LogP contribution in [0.25, 0.3) is 0 Å². The summed E-state index contributed by atoms with van der Waals surface area (Å²) in [5.74, 6) is 0.855. The van der Waals surface area contributed by atoms with E-state index in [-0.39, 0.29) is 12.1 Å². The van der Waals surface area contributed by atoms with Crippen molar-refractivity contribution in [3.05, 3.63) is 29.8 Å². The molecule has 0 aromatic heterocycles. The molecule has 0 heterocycles. The third-order valence-corrected chi connectivity index (χ3v) is 3.20. The molecule has 1 aliphatic carbocycles. The molecule has 0 aliphatic heterocycles. The lowest BCUT2D eigenvalue weighted by atomic mass is 10.2. The molecule has 1 aromatic carbocycles. The van der Waals surface area contributed by atoms with E-state index >= 15 is 0 Å². The second-order valence-corrected chi connectivity index (χ2v) is 6.33. The Kier molecular flexibility index (Phi) is 4.73. The number of hydrogen-bond acceptors (Lipinski definition) is 4. The highest BCUT2D eigenvalue weighted by molar-refractivity contribution is 5.68. The summed E-state index contributed by atoms with van der Waals surface area (Å²) in [5, 5.41) is 6.29. The first-order valence-electron chi connectivity index (χ1n) is 7.23. The Balaban J connectivity index is 1.71. The number of carbonyl (C=O) groups excluding carboxylic acids is 1. The number of hydrogen-bond donors (Lipinski definition) is 2. The number of benzene rings is 1. The maximum Gasteiger partial charge on any atom is 0.407 e. The molecule has 1 aromatic rings. The molecule has 1 saturated carbocycles. The number of ether oxygens (including phenoxy) is 2. The van der Waals surface area contributed by atoms with E-state index in [1.807, 2.05) is 45.0 Å². The van der Waals surface area contributed by atoms with Crippen molar-refractivity contribution < 1.29 is 14.3 Å². The van der Waals surface area contributed by atoms with Crippen LogP contribution in [-0.2, 0) is 11.3 Å². The Morgan fingerprint density at radius 2 is 2.10 bits per heavy atom. The molecule has 116 valence electrons. The average Bonchev–Trinajstić information content (AvgIpc) is 3.12. The zero-order valence-electron chi connectivity index (χ0n) is 13.1. The van der Waals surface area contributed by atoms with Gasteiger partial charge in [-0.25, -0.2) is 4.79 Å². The Bertz CT molecular complexity index is 497. The molecule has 1 aliphatic rings. The SMILES string of the molecule is COc1cccc(CNC2CC2NC(=O)OC(C)(C)C)c1. The van der Waals surface area contributed by atoms with E-state index in [1.165, 1.54) is 0 Å². The molecule has 0 bridgehead atoms. The predicted octanol–water partition coefficient (Wildman–Crippen LogP) is 2.45. The summed E-state index contributed by atoms with van der Waals surface area (Å²) in [5.41, 5.74) is 0.708. The third-order valence-electron chi connectivity index (χ3n) is 3.20. The highest BCUT2D eigenvalue weighted by Crippen LogP contribution is 2.23. The van der Waals surface area contributed by atoms with E-state index in [9.17, 15) is 4.79 Å². The summed E-state index contributed by atoms with van der Waals surface area (Å²) in [4.78, 5) is 11.6. The molecule has 2 N–H and O–H groups in total. The van der Waals surface area contributed by atoms with Crippen molar-refractivity contribution in [2.45, 2.75) is 51.4 Å². The third kappa shape index (κ3) is 5.27. The molecule has 0 saturated heterocycles. The number of carbonyl (C=O) groups is 1. The van der Waals surface area contributed by atoms with Gasteiger partial charge in [0.2, 0.25) is 0 Å².